The normalized spacial score (nSPS) is 13.4. The summed E-state index contributed by atoms with van der Waals surface area (Å²) in [6, 6.07) is 4.78. The molecule has 0 fully saturated rings. The lowest BCUT2D eigenvalue weighted by atomic mass is 10.0. The number of primary amides is 1. The van der Waals surface area contributed by atoms with Crippen molar-refractivity contribution in [1.29, 1.82) is 0 Å². The molecule has 0 bridgehead atoms. The monoisotopic (exact) mass is 436 g/mol. The van der Waals surface area contributed by atoms with Crippen LogP contribution in [0, 0.1) is 6.92 Å². The van der Waals surface area contributed by atoms with E-state index < -0.39 is 36.9 Å². The lowest BCUT2D eigenvalue weighted by Crippen LogP contribution is -2.57. The van der Waals surface area contributed by atoms with Crippen LogP contribution in [-0.2, 0) is 17.9 Å². The Balaban J connectivity index is 1.85. The number of ether oxygens (including phenoxy) is 1. The van der Waals surface area contributed by atoms with E-state index in [1.54, 1.807) is 25.1 Å². The summed E-state index contributed by atoms with van der Waals surface area (Å²) in [6.45, 7) is 1.71. The van der Waals surface area contributed by atoms with Gasteiger partial charge >= 0.3 is 0 Å². The number of carbonyl (C=O) groups is 2. The maximum absolute atomic E-state index is 12.8. The van der Waals surface area contributed by atoms with Crippen LogP contribution in [-0.4, -0.2) is 45.0 Å². The van der Waals surface area contributed by atoms with Crippen molar-refractivity contribution >= 4 is 22.8 Å². The number of nitrogens with zero attached hydrogens (tertiary/aromatic N) is 2. The number of nitrogens with one attached hydrogen (secondary N) is 1. The van der Waals surface area contributed by atoms with E-state index in [1.165, 1.54) is 24.0 Å². The molecule has 4 N–H and O–H groups in total. The third-order valence-electron chi connectivity index (χ3n) is 4.83. The molecule has 31 heavy (non-hydrogen) atoms. The molecular formula is C20H22F2N4O5. The van der Waals surface area contributed by atoms with E-state index in [0.29, 0.717) is 28.2 Å². The number of amides is 2. The highest BCUT2D eigenvalue weighted by atomic mass is 19.3. The number of nitrogens with two attached hydrogens (primary N) is 1. The van der Waals surface area contributed by atoms with Crippen LogP contribution in [0.2, 0.25) is 0 Å². The summed E-state index contributed by atoms with van der Waals surface area (Å²) < 4.78 is 37.9. The number of hydrogen-bond acceptors (Lipinski definition) is 6. The smallest absolute Gasteiger partial charge is 0.256 e. The SMILES string of the molecule is Cc1oc2ccc(OCc3cncn3CC(F)F)cc2c1C(=O)NC(C)(CO)C(N)=O. The Kier molecular flexibility index (Phi) is 6.25. The minimum absolute atomic E-state index is 0.0130. The van der Waals surface area contributed by atoms with Gasteiger partial charge in [-0.1, -0.05) is 0 Å². The van der Waals surface area contributed by atoms with Crippen molar-refractivity contribution in [2.75, 3.05) is 6.61 Å². The molecule has 3 aromatic rings. The van der Waals surface area contributed by atoms with Crippen LogP contribution >= 0.6 is 0 Å². The third kappa shape index (κ3) is 4.66. The Morgan fingerprint density at radius 1 is 1.42 bits per heavy atom. The molecule has 2 heterocycles. The van der Waals surface area contributed by atoms with Gasteiger partial charge in [0.1, 0.15) is 29.2 Å². The summed E-state index contributed by atoms with van der Waals surface area (Å²) in [5, 5.41) is 12.3. The van der Waals surface area contributed by atoms with Gasteiger partial charge in [0.15, 0.2) is 0 Å². The van der Waals surface area contributed by atoms with Crippen LogP contribution in [0.4, 0.5) is 8.78 Å². The highest BCUT2D eigenvalue weighted by Crippen LogP contribution is 2.30. The molecule has 9 nitrogen and oxygen atoms in total. The van der Waals surface area contributed by atoms with E-state index >= 15 is 0 Å². The van der Waals surface area contributed by atoms with E-state index in [9.17, 15) is 23.5 Å². The highest BCUT2D eigenvalue weighted by molar-refractivity contribution is 6.09. The van der Waals surface area contributed by atoms with Crippen molar-refractivity contribution in [2.24, 2.45) is 5.73 Å². The van der Waals surface area contributed by atoms with Crippen LogP contribution in [0.15, 0.2) is 35.1 Å². The molecule has 0 saturated carbocycles. The molecule has 0 saturated heterocycles. The molecule has 0 spiro atoms. The van der Waals surface area contributed by atoms with Gasteiger partial charge < -0.3 is 29.9 Å². The van der Waals surface area contributed by atoms with Crippen LogP contribution in [0.5, 0.6) is 5.75 Å². The molecule has 0 radical (unpaired) electrons. The number of aliphatic hydroxyl groups is 1. The third-order valence-corrected chi connectivity index (χ3v) is 4.83. The quantitative estimate of drug-likeness (QED) is 0.468. The number of furan rings is 1. The molecule has 2 amide bonds. The van der Waals surface area contributed by atoms with Gasteiger partial charge in [-0.25, -0.2) is 13.8 Å². The molecule has 11 heteroatoms. The molecule has 1 aromatic carbocycles. The lowest BCUT2D eigenvalue weighted by Gasteiger charge is -2.24. The van der Waals surface area contributed by atoms with Gasteiger partial charge in [0, 0.05) is 5.39 Å². The first-order chi connectivity index (χ1) is 14.6. The Hall–Kier alpha value is -3.47. The fourth-order valence-corrected chi connectivity index (χ4v) is 3.00. The van der Waals surface area contributed by atoms with Crippen molar-refractivity contribution in [2.45, 2.75) is 39.0 Å². The first-order valence-electron chi connectivity index (χ1n) is 9.31. The Morgan fingerprint density at radius 2 is 2.16 bits per heavy atom. The standard InChI is InChI=1S/C20H22F2N4O5/c1-11-17(18(28)25-20(2,9-27)19(23)29)14-5-13(3-4-15(14)31-11)30-8-12-6-24-10-26(12)7-16(21)22/h3-6,10,16,27H,7-9H2,1-2H3,(H2,23,29)(H,25,28). The van der Waals surface area contributed by atoms with Crippen molar-refractivity contribution in [3.05, 3.63) is 47.7 Å². The van der Waals surface area contributed by atoms with Crippen molar-refractivity contribution < 1.29 is 32.6 Å². The second-order valence-electron chi connectivity index (χ2n) is 7.22. The number of carbonyl (C=O) groups excluding carboxylic acids is 2. The number of benzene rings is 1. The van der Waals surface area contributed by atoms with Crippen LogP contribution in [0.25, 0.3) is 11.0 Å². The lowest BCUT2D eigenvalue weighted by molar-refractivity contribution is -0.124. The van der Waals surface area contributed by atoms with Crippen LogP contribution in [0.1, 0.15) is 28.7 Å². The predicted molar refractivity (Wildman–Crippen MR) is 106 cm³/mol. The van der Waals surface area contributed by atoms with Crippen LogP contribution in [0.3, 0.4) is 0 Å². The predicted octanol–water partition coefficient (Wildman–Crippen LogP) is 1.75. The van der Waals surface area contributed by atoms with Crippen molar-refractivity contribution in [1.82, 2.24) is 14.9 Å². The van der Waals surface area contributed by atoms with Crippen molar-refractivity contribution in [3.63, 3.8) is 0 Å². The molecule has 1 atom stereocenters. The van der Waals surface area contributed by atoms with E-state index in [1.807, 2.05) is 0 Å². The molecule has 3 rings (SSSR count). The minimum Gasteiger partial charge on any atom is -0.487 e. The number of halogens is 2. The van der Waals surface area contributed by atoms with Gasteiger partial charge in [-0.15, -0.1) is 0 Å². The topological polar surface area (TPSA) is 133 Å². The van der Waals surface area contributed by atoms with Gasteiger partial charge in [-0.2, -0.15) is 0 Å². The van der Waals surface area contributed by atoms with Gasteiger partial charge in [0.25, 0.3) is 12.3 Å². The summed E-state index contributed by atoms with van der Waals surface area (Å²) in [6.07, 6.45) is 0.207. The zero-order chi connectivity index (χ0) is 22.8. The fraction of sp³-hybridized carbons (Fsp3) is 0.350. The number of rotatable bonds is 9. The summed E-state index contributed by atoms with van der Waals surface area (Å²) in [5.74, 6) is -0.881. The van der Waals surface area contributed by atoms with E-state index in [0.717, 1.165) is 0 Å². The number of imidazole rings is 1. The van der Waals surface area contributed by atoms with Gasteiger partial charge in [-0.05, 0) is 32.0 Å². The minimum atomic E-state index is -2.52. The first-order valence-corrected chi connectivity index (χ1v) is 9.31. The molecular weight excluding hydrogens is 414 g/mol. The largest absolute Gasteiger partial charge is 0.487 e. The van der Waals surface area contributed by atoms with E-state index in [-0.39, 0.29) is 12.2 Å². The summed E-state index contributed by atoms with van der Waals surface area (Å²) in [5.41, 5.74) is 4.65. The second-order valence-corrected chi connectivity index (χ2v) is 7.22. The molecule has 0 aliphatic rings. The summed E-state index contributed by atoms with van der Waals surface area (Å²) in [4.78, 5) is 28.3. The van der Waals surface area contributed by atoms with E-state index in [4.69, 9.17) is 14.9 Å². The van der Waals surface area contributed by atoms with Gasteiger partial charge in [0.2, 0.25) is 5.91 Å². The first kappa shape index (κ1) is 22.2. The number of aromatic nitrogens is 2. The Bertz CT molecular complexity index is 1110. The molecule has 0 aliphatic heterocycles. The van der Waals surface area contributed by atoms with Gasteiger partial charge in [0.05, 0.1) is 36.9 Å². The highest BCUT2D eigenvalue weighted by Gasteiger charge is 2.34. The van der Waals surface area contributed by atoms with Gasteiger partial charge in [-0.3, -0.25) is 9.59 Å². The zero-order valence-corrected chi connectivity index (χ0v) is 16.9. The van der Waals surface area contributed by atoms with Crippen LogP contribution < -0.4 is 15.8 Å². The number of aliphatic hydroxyl groups excluding tert-OH is 1. The maximum atomic E-state index is 12.8. The number of aryl methyl sites for hydroxylation is 1. The second kappa shape index (κ2) is 8.72. The maximum Gasteiger partial charge on any atom is 0.256 e. The fourth-order valence-electron chi connectivity index (χ4n) is 3.00. The number of fused-ring (bicyclic) bond motifs is 1. The average molecular weight is 436 g/mol. The molecule has 166 valence electrons. The summed E-state index contributed by atoms with van der Waals surface area (Å²) in [7, 11) is 0. The average Bonchev–Trinajstić information content (AvgIpc) is 3.27. The zero-order valence-electron chi connectivity index (χ0n) is 16.9. The van der Waals surface area contributed by atoms with Crippen molar-refractivity contribution in [3.8, 4) is 5.75 Å². The number of alkyl halides is 2. The molecule has 0 aliphatic carbocycles. The number of hydrogen-bond donors (Lipinski definition) is 3. The summed E-state index contributed by atoms with van der Waals surface area (Å²) >= 11 is 0. The van der Waals surface area contributed by atoms with E-state index in [2.05, 4.69) is 10.3 Å². The Morgan fingerprint density at radius 3 is 2.81 bits per heavy atom. The Labute approximate surface area is 175 Å². The molecule has 2 aromatic heterocycles. The molecule has 1 unspecified atom stereocenters.